The third-order valence-electron chi connectivity index (χ3n) is 5.01. The molecule has 26 heavy (non-hydrogen) atoms. The van der Waals surface area contributed by atoms with Crippen molar-refractivity contribution in [3.63, 3.8) is 0 Å². The second kappa shape index (κ2) is 6.49. The summed E-state index contributed by atoms with van der Waals surface area (Å²) in [7, 11) is 0. The monoisotopic (exact) mass is 352 g/mol. The molecule has 2 aromatic heterocycles. The van der Waals surface area contributed by atoms with E-state index >= 15 is 0 Å². The lowest BCUT2D eigenvalue weighted by Gasteiger charge is -2.20. The lowest BCUT2D eigenvalue weighted by Crippen LogP contribution is -2.29. The standard InChI is InChI=1S/C17H20N8O/c1-2-5-13(6-3-1)25-17(20-21-22-25)23-9-8-15-18-19-16(24(15)11-10-23)14-7-4-12-26-14/h1-3,5-6,14H,4,7-12H2/t14-/m0/s1. The Balaban J connectivity index is 1.40. The molecule has 2 aliphatic heterocycles. The first kappa shape index (κ1) is 15.4. The number of anilines is 1. The van der Waals surface area contributed by atoms with Crippen molar-refractivity contribution in [3.05, 3.63) is 42.0 Å². The quantitative estimate of drug-likeness (QED) is 0.699. The van der Waals surface area contributed by atoms with Crippen LogP contribution in [0.15, 0.2) is 30.3 Å². The summed E-state index contributed by atoms with van der Waals surface area (Å²) >= 11 is 0. The number of hydrogen-bond donors (Lipinski definition) is 0. The number of aromatic nitrogens is 7. The van der Waals surface area contributed by atoms with Crippen molar-refractivity contribution in [1.29, 1.82) is 0 Å². The van der Waals surface area contributed by atoms with E-state index in [1.807, 2.05) is 30.3 Å². The first-order chi connectivity index (χ1) is 12.9. The van der Waals surface area contributed by atoms with Crippen LogP contribution < -0.4 is 4.90 Å². The number of fused-ring (bicyclic) bond motifs is 1. The Morgan fingerprint density at radius 1 is 1.00 bits per heavy atom. The fourth-order valence-corrected chi connectivity index (χ4v) is 3.68. The maximum atomic E-state index is 5.81. The summed E-state index contributed by atoms with van der Waals surface area (Å²) < 4.78 is 9.81. The van der Waals surface area contributed by atoms with Crippen LogP contribution in [0.5, 0.6) is 0 Å². The molecule has 3 aromatic rings. The number of nitrogens with zero attached hydrogens (tertiary/aromatic N) is 8. The molecule has 1 aromatic carbocycles. The molecule has 0 amide bonds. The Morgan fingerprint density at radius 3 is 2.77 bits per heavy atom. The van der Waals surface area contributed by atoms with E-state index in [4.69, 9.17) is 4.74 Å². The number of tetrazole rings is 1. The highest BCUT2D eigenvalue weighted by Gasteiger charge is 2.28. The summed E-state index contributed by atoms with van der Waals surface area (Å²) in [5.74, 6) is 2.73. The van der Waals surface area contributed by atoms with Crippen LogP contribution >= 0.6 is 0 Å². The van der Waals surface area contributed by atoms with Gasteiger partial charge < -0.3 is 14.2 Å². The molecule has 1 atom stereocenters. The van der Waals surface area contributed by atoms with Gasteiger partial charge in [-0.1, -0.05) is 23.3 Å². The van der Waals surface area contributed by atoms with Crippen molar-refractivity contribution < 1.29 is 4.74 Å². The molecule has 1 fully saturated rings. The molecular formula is C17H20N8O. The molecule has 0 radical (unpaired) electrons. The van der Waals surface area contributed by atoms with E-state index in [1.165, 1.54) is 0 Å². The third kappa shape index (κ3) is 2.64. The number of benzene rings is 1. The first-order valence-electron chi connectivity index (χ1n) is 9.02. The number of ether oxygens (including phenoxy) is 1. The van der Waals surface area contributed by atoms with Crippen LogP contribution in [-0.4, -0.2) is 54.7 Å². The maximum Gasteiger partial charge on any atom is 0.250 e. The summed E-state index contributed by atoms with van der Waals surface area (Å²) in [4.78, 5) is 2.21. The van der Waals surface area contributed by atoms with Gasteiger partial charge in [-0.15, -0.1) is 10.2 Å². The molecule has 0 spiro atoms. The number of para-hydroxylation sites is 1. The molecule has 134 valence electrons. The topological polar surface area (TPSA) is 86.8 Å². The summed E-state index contributed by atoms with van der Waals surface area (Å²) in [6.45, 7) is 3.22. The van der Waals surface area contributed by atoms with E-state index in [-0.39, 0.29) is 6.10 Å². The lowest BCUT2D eigenvalue weighted by atomic mass is 10.2. The molecule has 0 N–H and O–H groups in total. The van der Waals surface area contributed by atoms with E-state index < -0.39 is 0 Å². The molecule has 5 rings (SSSR count). The molecule has 0 saturated carbocycles. The van der Waals surface area contributed by atoms with Gasteiger partial charge >= 0.3 is 0 Å². The largest absolute Gasteiger partial charge is 0.370 e. The predicted molar refractivity (Wildman–Crippen MR) is 93.0 cm³/mol. The Bertz CT molecular complexity index is 883. The highest BCUT2D eigenvalue weighted by Crippen LogP contribution is 2.28. The Hall–Kier alpha value is -2.81. The van der Waals surface area contributed by atoms with Gasteiger partial charge in [0.1, 0.15) is 11.9 Å². The van der Waals surface area contributed by atoms with Gasteiger partial charge in [-0.25, -0.2) is 0 Å². The van der Waals surface area contributed by atoms with Crippen molar-refractivity contribution in [1.82, 2.24) is 35.0 Å². The fraction of sp³-hybridized carbons (Fsp3) is 0.471. The second-order valence-electron chi connectivity index (χ2n) is 6.59. The number of hydrogen-bond acceptors (Lipinski definition) is 7. The van der Waals surface area contributed by atoms with E-state index in [0.29, 0.717) is 0 Å². The average Bonchev–Trinajstić information content (AvgIpc) is 3.41. The van der Waals surface area contributed by atoms with Gasteiger partial charge in [-0.05, 0) is 35.4 Å². The van der Waals surface area contributed by atoms with E-state index in [9.17, 15) is 0 Å². The normalized spacial score (nSPS) is 20.2. The third-order valence-corrected chi connectivity index (χ3v) is 5.01. The van der Waals surface area contributed by atoms with Crippen LogP contribution in [0.4, 0.5) is 5.95 Å². The van der Waals surface area contributed by atoms with Crippen LogP contribution in [0, 0.1) is 0 Å². The molecule has 1 saturated heterocycles. The van der Waals surface area contributed by atoms with Crippen molar-refractivity contribution in [2.45, 2.75) is 31.9 Å². The van der Waals surface area contributed by atoms with E-state index in [2.05, 4.69) is 35.2 Å². The molecule has 0 bridgehead atoms. The molecule has 0 aliphatic carbocycles. The maximum absolute atomic E-state index is 5.81. The van der Waals surface area contributed by atoms with Crippen LogP contribution in [0.3, 0.4) is 0 Å². The minimum atomic E-state index is 0.0810. The zero-order valence-corrected chi connectivity index (χ0v) is 14.4. The summed E-state index contributed by atoms with van der Waals surface area (Å²) in [6, 6.07) is 9.96. The van der Waals surface area contributed by atoms with Crippen LogP contribution in [-0.2, 0) is 17.7 Å². The number of rotatable bonds is 3. The van der Waals surface area contributed by atoms with Gasteiger partial charge in [0.05, 0.1) is 5.69 Å². The van der Waals surface area contributed by atoms with Gasteiger partial charge in [0, 0.05) is 32.7 Å². The molecule has 4 heterocycles. The van der Waals surface area contributed by atoms with Gasteiger partial charge in [-0.2, -0.15) is 4.68 Å². The lowest BCUT2D eigenvalue weighted by molar-refractivity contribution is 0.101. The Morgan fingerprint density at radius 2 is 1.92 bits per heavy atom. The smallest absolute Gasteiger partial charge is 0.250 e. The zero-order valence-electron chi connectivity index (χ0n) is 14.4. The van der Waals surface area contributed by atoms with Gasteiger partial charge in [0.15, 0.2) is 5.82 Å². The SMILES string of the molecule is c1ccc(-n2nnnc2N2CCc3nnc([C@@H]4CCCO4)n3CC2)cc1. The minimum absolute atomic E-state index is 0.0810. The fourth-order valence-electron chi connectivity index (χ4n) is 3.68. The van der Waals surface area contributed by atoms with Crippen LogP contribution in [0.2, 0.25) is 0 Å². The first-order valence-corrected chi connectivity index (χ1v) is 9.02. The van der Waals surface area contributed by atoms with Gasteiger partial charge in [0.25, 0.3) is 0 Å². The van der Waals surface area contributed by atoms with Gasteiger partial charge in [0.2, 0.25) is 5.95 Å². The molecular weight excluding hydrogens is 332 g/mol. The van der Waals surface area contributed by atoms with Crippen molar-refractivity contribution in [3.8, 4) is 5.69 Å². The van der Waals surface area contributed by atoms with Gasteiger partial charge in [-0.3, -0.25) is 0 Å². The zero-order chi connectivity index (χ0) is 17.3. The second-order valence-corrected chi connectivity index (χ2v) is 6.59. The van der Waals surface area contributed by atoms with E-state index in [0.717, 1.165) is 68.8 Å². The van der Waals surface area contributed by atoms with Crippen LogP contribution in [0.1, 0.15) is 30.6 Å². The molecule has 0 unspecified atom stereocenters. The minimum Gasteiger partial charge on any atom is -0.370 e. The Labute approximate surface area is 150 Å². The summed E-state index contributed by atoms with van der Waals surface area (Å²) in [6.07, 6.45) is 3.00. The Kier molecular flexibility index (Phi) is 3.85. The van der Waals surface area contributed by atoms with Crippen molar-refractivity contribution in [2.75, 3.05) is 24.6 Å². The van der Waals surface area contributed by atoms with Crippen LogP contribution in [0.25, 0.3) is 5.69 Å². The average molecular weight is 352 g/mol. The van der Waals surface area contributed by atoms with E-state index in [1.54, 1.807) is 4.68 Å². The molecule has 9 nitrogen and oxygen atoms in total. The summed E-state index contributed by atoms with van der Waals surface area (Å²) in [5, 5.41) is 21.1. The highest BCUT2D eigenvalue weighted by atomic mass is 16.5. The highest BCUT2D eigenvalue weighted by molar-refractivity contribution is 5.40. The van der Waals surface area contributed by atoms with Crippen molar-refractivity contribution >= 4 is 5.95 Å². The summed E-state index contributed by atoms with van der Waals surface area (Å²) in [5.41, 5.74) is 0.955. The van der Waals surface area contributed by atoms with Crippen molar-refractivity contribution in [2.24, 2.45) is 0 Å². The predicted octanol–water partition coefficient (Wildman–Crippen LogP) is 1.17. The molecule has 9 heteroatoms. The molecule has 2 aliphatic rings.